The number of nitrogens with one attached hydrogen (secondary N) is 2. The van der Waals surface area contributed by atoms with Crippen molar-refractivity contribution >= 4 is 23.2 Å². The van der Waals surface area contributed by atoms with E-state index in [1.165, 1.54) is 12.3 Å². The molecule has 5 nitrogen and oxygen atoms in total. The van der Waals surface area contributed by atoms with E-state index in [1.807, 2.05) is 64.1 Å². The summed E-state index contributed by atoms with van der Waals surface area (Å²) in [5, 5.41) is 5.68. The molecule has 1 heterocycles. The van der Waals surface area contributed by atoms with Crippen LogP contribution in [0, 0.1) is 27.7 Å². The van der Waals surface area contributed by atoms with Crippen molar-refractivity contribution in [1.29, 1.82) is 0 Å². The van der Waals surface area contributed by atoms with Crippen LogP contribution in [-0.4, -0.2) is 16.8 Å². The van der Waals surface area contributed by atoms with Crippen LogP contribution in [0.15, 0.2) is 54.7 Å². The second-order valence-corrected chi connectivity index (χ2v) is 6.94. The van der Waals surface area contributed by atoms with Gasteiger partial charge in [0, 0.05) is 23.1 Å². The third-order valence-corrected chi connectivity index (χ3v) is 4.78. The highest BCUT2D eigenvalue weighted by atomic mass is 16.2. The quantitative estimate of drug-likeness (QED) is 0.689. The number of benzene rings is 2. The second-order valence-electron chi connectivity index (χ2n) is 6.94. The number of aromatic nitrogens is 1. The van der Waals surface area contributed by atoms with Crippen molar-refractivity contribution in [2.75, 3.05) is 10.6 Å². The van der Waals surface area contributed by atoms with E-state index in [9.17, 15) is 9.59 Å². The molecule has 3 rings (SSSR count). The number of rotatable bonds is 4. The molecule has 142 valence electrons. The Morgan fingerprint density at radius 2 is 1.21 bits per heavy atom. The van der Waals surface area contributed by atoms with Crippen LogP contribution in [0.25, 0.3) is 0 Å². The fourth-order valence-electron chi connectivity index (χ4n) is 2.73. The van der Waals surface area contributed by atoms with Crippen LogP contribution >= 0.6 is 0 Å². The molecule has 0 radical (unpaired) electrons. The third kappa shape index (κ3) is 4.43. The summed E-state index contributed by atoms with van der Waals surface area (Å²) in [5.74, 6) is -0.644. The summed E-state index contributed by atoms with van der Waals surface area (Å²) < 4.78 is 0. The van der Waals surface area contributed by atoms with Crippen LogP contribution in [0.5, 0.6) is 0 Å². The molecule has 2 aromatic carbocycles. The normalized spacial score (nSPS) is 10.4. The van der Waals surface area contributed by atoms with Crippen molar-refractivity contribution in [1.82, 2.24) is 4.98 Å². The minimum atomic E-state index is -0.357. The Kier molecular flexibility index (Phi) is 5.54. The van der Waals surface area contributed by atoms with Gasteiger partial charge in [0.1, 0.15) is 5.69 Å². The summed E-state index contributed by atoms with van der Waals surface area (Å²) in [6.45, 7) is 8.01. The van der Waals surface area contributed by atoms with Crippen molar-refractivity contribution in [3.05, 3.63) is 88.2 Å². The highest BCUT2D eigenvalue weighted by Crippen LogP contribution is 2.17. The Labute approximate surface area is 164 Å². The van der Waals surface area contributed by atoms with Gasteiger partial charge in [-0.2, -0.15) is 0 Å². The number of aryl methyl sites for hydroxylation is 4. The van der Waals surface area contributed by atoms with Gasteiger partial charge in [-0.3, -0.25) is 14.6 Å². The lowest BCUT2D eigenvalue weighted by molar-refractivity contribution is 0.102. The van der Waals surface area contributed by atoms with Gasteiger partial charge in [-0.15, -0.1) is 0 Å². The lowest BCUT2D eigenvalue weighted by Gasteiger charge is -2.09. The Morgan fingerprint density at radius 3 is 1.75 bits per heavy atom. The molecule has 0 saturated carbocycles. The smallest absolute Gasteiger partial charge is 0.274 e. The summed E-state index contributed by atoms with van der Waals surface area (Å²) in [7, 11) is 0. The summed E-state index contributed by atoms with van der Waals surface area (Å²) in [6, 6.07) is 14.5. The van der Waals surface area contributed by atoms with Gasteiger partial charge in [-0.05, 0) is 86.3 Å². The molecular weight excluding hydrogens is 350 g/mol. The highest BCUT2D eigenvalue weighted by molar-refractivity contribution is 6.07. The summed E-state index contributed by atoms with van der Waals surface area (Å²) in [5.41, 5.74) is 6.47. The molecule has 0 aliphatic rings. The van der Waals surface area contributed by atoms with Gasteiger partial charge >= 0.3 is 0 Å². The molecule has 0 saturated heterocycles. The summed E-state index contributed by atoms with van der Waals surface area (Å²) >= 11 is 0. The van der Waals surface area contributed by atoms with Crippen LogP contribution in [-0.2, 0) is 0 Å². The van der Waals surface area contributed by atoms with E-state index in [2.05, 4.69) is 15.6 Å². The lowest BCUT2D eigenvalue weighted by atomic mass is 10.1. The zero-order valence-electron chi connectivity index (χ0n) is 16.5. The molecule has 28 heavy (non-hydrogen) atoms. The summed E-state index contributed by atoms with van der Waals surface area (Å²) in [6.07, 6.45) is 1.46. The highest BCUT2D eigenvalue weighted by Gasteiger charge is 2.13. The van der Waals surface area contributed by atoms with Gasteiger partial charge < -0.3 is 10.6 Å². The van der Waals surface area contributed by atoms with E-state index in [-0.39, 0.29) is 17.5 Å². The predicted octanol–water partition coefficient (Wildman–Crippen LogP) is 4.82. The van der Waals surface area contributed by atoms with Crippen LogP contribution in [0.4, 0.5) is 11.4 Å². The average molecular weight is 373 g/mol. The number of anilines is 2. The molecule has 0 bridgehead atoms. The second kappa shape index (κ2) is 8.05. The van der Waals surface area contributed by atoms with Gasteiger partial charge in [-0.1, -0.05) is 12.1 Å². The zero-order chi connectivity index (χ0) is 20.3. The van der Waals surface area contributed by atoms with Gasteiger partial charge in [0.2, 0.25) is 0 Å². The third-order valence-electron chi connectivity index (χ3n) is 4.78. The van der Waals surface area contributed by atoms with Crippen LogP contribution in [0.1, 0.15) is 43.1 Å². The van der Waals surface area contributed by atoms with Crippen molar-refractivity contribution in [3.8, 4) is 0 Å². The Bertz CT molecular complexity index is 977. The average Bonchev–Trinajstić information content (AvgIpc) is 2.67. The number of carbonyl (C=O) groups excluding carboxylic acids is 2. The van der Waals surface area contributed by atoms with E-state index in [4.69, 9.17) is 0 Å². The fourth-order valence-corrected chi connectivity index (χ4v) is 2.73. The number of amides is 2. The summed E-state index contributed by atoms with van der Waals surface area (Å²) in [4.78, 5) is 29.2. The Hall–Kier alpha value is -3.47. The maximum Gasteiger partial charge on any atom is 0.274 e. The zero-order valence-corrected chi connectivity index (χ0v) is 16.5. The standard InChI is InChI=1S/C23H23N3O2/c1-14-5-7-19(11-16(14)3)25-22(27)18-9-10-24-21(13-18)23(28)26-20-8-6-15(2)17(4)12-20/h5-13H,1-4H3,(H,25,27)(H,26,28). The number of hydrogen-bond donors (Lipinski definition) is 2. The molecule has 2 N–H and O–H groups in total. The van der Waals surface area contributed by atoms with Gasteiger partial charge in [-0.25, -0.2) is 0 Å². The number of nitrogens with zero attached hydrogens (tertiary/aromatic N) is 1. The minimum absolute atomic E-state index is 0.186. The van der Waals surface area contributed by atoms with Gasteiger partial charge in [0.25, 0.3) is 11.8 Å². The van der Waals surface area contributed by atoms with E-state index in [1.54, 1.807) is 6.07 Å². The van der Waals surface area contributed by atoms with Crippen molar-refractivity contribution in [3.63, 3.8) is 0 Å². The largest absolute Gasteiger partial charge is 0.322 e. The van der Waals surface area contributed by atoms with Crippen molar-refractivity contribution in [2.45, 2.75) is 27.7 Å². The molecule has 2 amide bonds. The first-order chi connectivity index (χ1) is 13.3. The SMILES string of the molecule is Cc1ccc(NC(=O)c2ccnc(C(=O)Nc3ccc(C)c(C)c3)c2)cc1C. The van der Waals surface area contributed by atoms with E-state index < -0.39 is 0 Å². The van der Waals surface area contributed by atoms with Crippen LogP contribution in [0.3, 0.4) is 0 Å². The maximum atomic E-state index is 12.6. The maximum absolute atomic E-state index is 12.6. The Morgan fingerprint density at radius 1 is 0.679 bits per heavy atom. The monoisotopic (exact) mass is 373 g/mol. The van der Waals surface area contributed by atoms with Crippen LogP contribution in [0.2, 0.25) is 0 Å². The fraction of sp³-hybridized carbons (Fsp3) is 0.174. The van der Waals surface area contributed by atoms with Crippen molar-refractivity contribution in [2.24, 2.45) is 0 Å². The van der Waals surface area contributed by atoms with Gasteiger partial charge in [0.05, 0.1) is 0 Å². The van der Waals surface area contributed by atoms with E-state index >= 15 is 0 Å². The minimum Gasteiger partial charge on any atom is -0.322 e. The topological polar surface area (TPSA) is 71.1 Å². The molecule has 0 fully saturated rings. The first kappa shape index (κ1) is 19.3. The van der Waals surface area contributed by atoms with E-state index in [0.29, 0.717) is 16.9 Å². The molecular formula is C23H23N3O2. The molecule has 0 atom stereocenters. The number of pyridine rings is 1. The molecule has 1 aromatic heterocycles. The number of carbonyl (C=O) groups is 2. The number of hydrogen-bond acceptors (Lipinski definition) is 3. The molecule has 0 aliphatic carbocycles. The lowest BCUT2D eigenvalue weighted by Crippen LogP contribution is -2.17. The first-order valence-corrected chi connectivity index (χ1v) is 9.07. The Balaban J connectivity index is 1.75. The van der Waals surface area contributed by atoms with E-state index in [0.717, 1.165) is 22.3 Å². The first-order valence-electron chi connectivity index (χ1n) is 9.07. The van der Waals surface area contributed by atoms with Crippen molar-refractivity contribution < 1.29 is 9.59 Å². The predicted molar refractivity (Wildman–Crippen MR) is 112 cm³/mol. The van der Waals surface area contributed by atoms with Crippen LogP contribution < -0.4 is 10.6 Å². The molecule has 5 heteroatoms. The molecule has 0 spiro atoms. The molecule has 3 aromatic rings. The molecule has 0 aliphatic heterocycles. The molecule has 0 unspecified atom stereocenters. The van der Waals surface area contributed by atoms with Gasteiger partial charge in [0.15, 0.2) is 0 Å².